The molecule has 1 aliphatic rings. The molecule has 0 aliphatic heterocycles. The number of nitrogens with one attached hydrogen (secondary N) is 2. The highest BCUT2D eigenvalue weighted by Gasteiger charge is 2.36. The van der Waals surface area contributed by atoms with Gasteiger partial charge in [-0.15, -0.1) is 11.3 Å². The van der Waals surface area contributed by atoms with Gasteiger partial charge in [0.2, 0.25) is 5.91 Å². The summed E-state index contributed by atoms with van der Waals surface area (Å²) in [5, 5.41) is 17.8. The first-order valence-electron chi connectivity index (χ1n) is 20.8. The molecule has 320 valence electrons. The number of hydrogen-bond donors (Lipinski definition) is 3. The third-order valence-electron chi connectivity index (χ3n) is 11.4. The van der Waals surface area contributed by atoms with E-state index >= 15 is 0 Å². The van der Waals surface area contributed by atoms with E-state index in [9.17, 15) is 24.3 Å². The molecule has 5 rings (SSSR count). The second kappa shape index (κ2) is 21.3. The fourth-order valence-electron chi connectivity index (χ4n) is 7.83. The Morgan fingerprint density at radius 3 is 2.10 bits per heavy atom. The highest BCUT2D eigenvalue weighted by atomic mass is 32.1. The third-order valence-corrected chi connectivity index (χ3v) is 12.4. The lowest BCUT2D eigenvalue weighted by molar-refractivity contribution is -0.141. The van der Waals surface area contributed by atoms with E-state index in [1.807, 2.05) is 89.2 Å². The molecule has 11 nitrogen and oxygen atoms in total. The molecule has 1 heterocycles. The summed E-state index contributed by atoms with van der Waals surface area (Å²) in [6, 6.07) is 24.3. The molecule has 3 aromatic carbocycles. The molecule has 12 heteroatoms. The second-order valence-electron chi connectivity index (χ2n) is 16.5. The zero-order valence-electron chi connectivity index (χ0n) is 35.9. The Balaban J connectivity index is 1.29. The number of aliphatic carboxylic acids is 1. The lowest BCUT2D eigenvalue weighted by Crippen LogP contribution is -2.54. The molecular weight excluding hydrogens is 777 g/mol. The van der Waals surface area contributed by atoms with E-state index in [0.717, 1.165) is 33.4 Å². The number of fused-ring (bicyclic) bond motifs is 3. The van der Waals surface area contributed by atoms with Crippen molar-refractivity contribution in [3.05, 3.63) is 124 Å². The summed E-state index contributed by atoms with van der Waals surface area (Å²) in [6.07, 6.45) is 0.504. The Bertz CT molecular complexity index is 2060. The molecular formula is C48H60N4O7S. The molecule has 0 radical (unpaired) electrons. The minimum absolute atomic E-state index is 0.0142. The van der Waals surface area contributed by atoms with Crippen LogP contribution in [-0.4, -0.2) is 77.3 Å². The van der Waals surface area contributed by atoms with Crippen molar-refractivity contribution < 1.29 is 33.8 Å². The number of rotatable bonds is 21. The molecule has 0 fully saturated rings. The van der Waals surface area contributed by atoms with Gasteiger partial charge in [-0.1, -0.05) is 132 Å². The summed E-state index contributed by atoms with van der Waals surface area (Å²) in [5.41, 5.74) is 6.47. The molecule has 1 aromatic heterocycles. The Morgan fingerprint density at radius 2 is 1.52 bits per heavy atom. The summed E-state index contributed by atoms with van der Waals surface area (Å²) in [6.45, 7) is 15.9. The number of likely N-dealkylation sites (N-methyl/N-ethyl adjacent to an activating group) is 1. The smallest absolute Gasteiger partial charge is 0.407 e. The quantitative estimate of drug-likeness (QED) is 0.0705. The van der Waals surface area contributed by atoms with Crippen LogP contribution in [0.4, 0.5) is 4.79 Å². The molecule has 0 spiro atoms. The van der Waals surface area contributed by atoms with Crippen molar-refractivity contribution in [1.29, 1.82) is 0 Å². The fraction of sp³-hybridized carbons (Fsp3) is 0.438. The van der Waals surface area contributed by atoms with Crippen molar-refractivity contribution in [3.63, 3.8) is 0 Å². The van der Waals surface area contributed by atoms with Crippen molar-refractivity contribution in [2.45, 2.75) is 97.4 Å². The van der Waals surface area contributed by atoms with Crippen molar-refractivity contribution in [1.82, 2.24) is 20.5 Å². The maximum Gasteiger partial charge on any atom is 0.407 e. The van der Waals surface area contributed by atoms with Gasteiger partial charge in [0.15, 0.2) is 0 Å². The predicted octanol–water partition coefficient (Wildman–Crippen LogP) is 9.06. The van der Waals surface area contributed by atoms with Crippen molar-refractivity contribution in [2.24, 2.45) is 17.8 Å². The standard InChI is InChI=1S/C48H60N4O7S/c1-9-31(6)43(51-48(57)59-27-39-37-21-15-13-19-35(37)36-20-14-16-22-38(36)39)46(54)52(8)41(30(4)5)25-42(58-26-29(2)3)45-50-40(28-60-45)44(53)49-34(23-32(7)47(55)56)24-33-17-11-10-12-18-33/h10-22,28,30-32,34,39,41-43H,2,9,23-27H2,1,3-8H3,(H,49,53)(H,51,57)(H,55,56). The Kier molecular flexibility index (Phi) is 16.2. The number of nitrogens with zero attached hydrogens (tertiary/aromatic N) is 2. The van der Waals surface area contributed by atoms with Crippen molar-refractivity contribution in [3.8, 4) is 11.1 Å². The van der Waals surface area contributed by atoms with Gasteiger partial charge in [0.05, 0.1) is 12.5 Å². The molecule has 0 bridgehead atoms. The number of carbonyl (C=O) groups is 4. The minimum atomic E-state index is -0.928. The van der Waals surface area contributed by atoms with Crippen LogP contribution in [0.3, 0.4) is 0 Å². The Hall–Kier alpha value is -5.33. The van der Waals surface area contributed by atoms with E-state index in [1.54, 1.807) is 24.3 Å². The second-order valence-corrected chi connectivity index (χ2v) is 17.4. The predicted molar refractivity (Wildman–Crippen MR) is 236 cm³/mol. The number of ether oxygens (including phenoxy) is 2. The van der Waals surface area contributed by atoms with Gasteiger partial charge in [-0.25, -0.2) is 9.78 Å². The lowest BCUT2D eigenvalue weighted by Gasteiger charge is -2.37. The molecule has 60 heavy (non-hydrogen) atoms. The number of aromatic nitrogens is 1. The maximum absolute atomic E-state index is 14.4. The van der Waals surface area contributed by atoms with Crippen LogP contribution in [0.2, 0.25) is 0 Å². The molecule has 0 saturated carbocycles. The average molecular weight is 837 g/mol. The molecule has 3 amide bonds. The first-order valence-corrected chi connectivity index (χ1v) is 21.7. The summed E-state index contributed by atoms with van der Waals surface area (Å²) >= 11 is 1.29. The SMILES string of the molecule is C=C(C)COC(CC(C(C)C)N(C)C(=O)C(NC(=O)OCC1c2ccccc2-c2ccccc21)C(C)CC)c1nc(C(=O)NC(Cc2ccccc2)CC(C)C(=O)O)cs1. The molecule has 1 aliphatic carbocycles. The van der Waals surface area contributed by atoms with E-state index in [4.69, 9.17) is 14.5 Å². The van der Waals surface area contributed by atoms with Crippen molar-refractivity contribution in [2.75, 3.05) is 20.3 Å². The van der Waals surface area contributed by atoms with Crippen LogP contribution < -0.4 is 10.6 Å². The van der Waals surface area contributed by atoms with Gasteiger partial charge in [0.1, 0.15) is 29.5 Å². The monoisotopic (exact) mass is 836 g/mol. The maximum atomic E-state index is 14.4. The normalized spacial score (nSPS) is 15.1. The molecule has 6 unspecified atom stereocenters. The number of benzene rings is 3. The van der Waals surface area contributed by atoms with Crippen LogP contribution in [0.25, 0.3) is 11.1 Å². The number of carbonyl (C=O) groups excluding carboxylic acids is 3. The van der Waals surface area contributed by atoms with E-state index in [-0.39, 0.29) is 55.0 Å². The van der Waals surface area contributed by atoms with Gasteiger partial charge in [0.25, 0.3) is 5.91 Å². The topological polar surface area (TPSA) is 147 Å². The minimum Gasteiger partial charge on any atom is -0.481 e. The molecule has 6 atom stereocenters. The number of carboxylic acid groups (broad SMARTS) is 1. The number of hydrogen-bond acceptors (Lipinski definition) is 8. The highest BCUT2D eigenvalue weighted by molar-refractivity contribution is 7.09. The van der Waals surface area contributed by atoms with Crippen LogP contribution >= 0.6 is 11.3 Å². The van der Waals surface area contributed by atoms with Crippen LogP contribution in [0.15, 0.2) is 96.4 Å². The number of amides is 3. The molecule has 0 saturated heterocycles. The lowest BCUT2D eigenvalue weighted by atomic mass is 9.93. The van der Waals surface area contributed by atoms with E-state index in [2.05, 4.69) is 41.5 Å². The molecule has 3 N–H and O–H groups in total. The average Bonchev–Trinajstić information content (AvgIpc) is 3.85. The van der Waals surface area contributed by atoms with Gasteiger partial charge in [-0.2, -0.15) is 0 Å². The van der Waals surface area contributed by atoms with Crippen LogP contribution in [0, 0.1) is 17.8 Å². The first-order chi connectivity index (χ1) is 28.7. The largest absolute Gasteiger partial charge is 0.481 e. The highest BCUT2D eigenvalue weighted by Crippen LogP contribution is 2.44. The van der Waals surface area contributed by atoms with E-state index in [0.29, 0.717) is 24.3 Å². The number of alkyl carbamates (subject to hydrolysis) is 1. The summed E-state index contributed by atoms with van der Waals surface area (Å²) < 4.78 is 12.2. The van der Waals surface area contributed by atoms with Gasteiger partial charge in [-0.3, -0.25) is 14.4 Å². The fourth-order valence-corrected chi connectivity index (χ4v) is 8.69. The van der Waals surface area contributed by atoms with Crippen LogP contribution in [-0.2, 0) is 25.5 Å². The van der Waals surface area contributed by atoms with Gasteiger partial charge < -0.3 is 30.1 Å². The first kappa shape index (κ1) is 45.7. The van der Waals surface area contributed by atoms with Gasteiger partial charge in [0, 0.05) is 36.9 Å². The zero-order valence-corrected chi connectivity index (χ0v) is 36.7. The van der Waals surface area contributed by atoms with E-state index in [1.165, 1.54) is 11.3 Å². The zero-order chi connectivity index (χ0) is 43.5. The van der Waals surface area contributed by atoms with Gasteiger partial charge in [-0.05, 0) is 59.4 Å². The summed E-state index contributed by atoms with van der Waals surface area (Å²) in [5.74, 6) is -2.55. The van der Waals surface area contributed by atoms with E-state index < -0.39 is 42.1 Å². The third kappa shape index (κ3) is 11.7. The molecule has 4 aromatic rings. The van der Waals surface area contributed by atoms with Gasteiger partial charge >= 0.3 is 12.1 Å². The number of carboxylic acids is 1. The number of thiazole rings is 1. The summed E-state index contributed by atoms with van der Waals surface area (Å²) in [7, 11) is 1.75. The van der Waals surface area contributed by atoms with Crippen LogP contribution in [0.1, 0.15) is 105 Å². The Morgan fingerprint density at radius 1 is 0.900 bits per heavy atom. The Labute approximate surface area is 358 Å². The van der Waals surface area contributed by atoms with Crippen molar-refractivity contribution >= 4 is 35.2 Å². The van der Waals surface area contributed by atoms with Crippen LogP contribution in [0.5, 0.6) is 0 Å². The summed E-state index contributed by atoms with van der Waals surface area (Å²) in [4.78, 5) is 59.8.